The highest BCUT2D eigenvalue weighted by Crippen LogP contribution is 2.21. The maximum absolute atomic E-state index is 6.18. The summed E-state index contributed by atoms with van der Waals surface area (Å²) < 4.78 is 5.28. The Morgan fingerprint density at radius 1 is 1.24 bits per heavy atom. The van der Waals surface area contributed by atoms with Crippen LogP contribution >= 0.6 is 11.8 Å². The molecule has 2 N–H and O–H groups in total. The molecule has 0 aliphatic carbocycles. The van der Waals surface area contributed by atoms with Crippen molar-refractivity contribution < 1.29 is 4.42 Å². The monoisotopic (exact) mass is 247 g/mol. The lowest BCUT2D eigenvalue weighted by Gasteiger charge is -2.13. The van der Waals surface area contributed by atoms with Crippen molar-refractivity contribution in [1.29, 1.82) is 0 Å². The first-order valence-electron chi connectivity index (χ1n) is 5.68. The maximum Gasteiger partial charge on any atom is 0.113 e. The fourth-order valence-corrected chi connectivity index (χ4v) is 2.69. The number of hydrogen-bond acceptors (Lipinski definition) is 3. The summed E-state index contributed by atoms with van der Waals surface area (Å²) in [5, 5.41) is 0. The Hall–Kier alpha value is -1.19. The molecule has 1 aromatic carbocycles. The van der Waals surface area contributed by atoms with E-state index < -0.39 is 0 Å². The number of hydrogen-bond donors (Lipinski definition) is 1. The van der Waals surface area contributed by atoms with Crippen molar-refractivity contribution in [3.8, 4) is 0 Å². The Morgan fingerprint density at radius 2 is 2.06 bits per heavy atom. The second kappa shape index (κ2) is 5.94. The number of rotatable bonds is 5. The minimum absolute atomic E-state index is 0.0937. The highest BCUT2D eigenvalue weighted by Gasteiger charge is 2.08. The molecular weight excluding hydrogens is 230 g/mol. The molecule has 0 fully saturated rings. The summed E-state index contributed by atoms with van der Waals surface area (Å²) in [6.07, 6.45) is 1.71. The third-order valence-corrected chi connectivity index (χ3v) is 3.79. The van der Waals surface area contributed by atoms with Crippen LogP contribution in [-0.4, -0.2) is 5.75 Å². The molecule has 1 atom stereocenters. The van der Waals surface area contributed by atoms with Crippen LogP contribution in [0.25, 0.3) is 0 Å². The van der Waals surface area contributed by atoms with Gasteiger partial charge >= 0.3 is 0 Å². The lowest BCUT2D eigenvalue weighted by atomic mass is 10.0. The molecule has 2 nitrogen and oxygen atoms in total. The number of aryl methyl sites for hydroxylation is 1. The molecule has 1 heterocycles. The first kappa shape index (κ1) is 12.3. The standard InChI is InChI=1S/C14H17NOS/c1-11-5-2-3-7-13(11)14(15)10-17-9-12-6-4-8-16-12/h2-8,14H,9-10,15H2,1H3. The molecule has 0 saturated carbocycles. The van der Waals surface area contributed by atoms with Crippen LogP contribution in [-0.2, 0) is 5.75 Å². The van der Waals surface area contributed by atoms with E-state index in [4.69, 9.17) is 10.2 Å². The summed E-state index contributed by atoms with van der Waals surface area (Å²) >= 11 is 1.80. The molecule has 17 heavy (non-hydrogen) atoms. The molecule has 0 amide bonds. The van der Waals surface area contributed by atoms with Crippen molar-refractivity contribution in [1.82, 2.24) is 0 Å². The minimum Gasteiger partial charge on any atom is -0.468 e. The molecule has 0 spiro atoms. The molecule has 0 aliphatic heterocycles. The van der Waals surface area contributed by atoms with Gasteiger partial charge in [-0.15, -0.1) is 0 Å². The van der Waals surface area contributed by atoms with Crippen LogP contribution in [0.5, 0.6) is 0 Å². The van der Waals surface area contributed by atoms with Gasteiger partial charge in [0.2, 0.25) is 0 Å². The van der Waals surface area contributed by atoms with Crippen LogP contribution in [0.15, 0.2) is 47.1 Å². The summed E-state index contributed by atoms with van der Waals surface area (Å²) in [5.41, 5.74) is 8.68. The molecule has 1 unspecified atom stereocenters. The van der Waals surface area contributed by atoms with Crippen LogP contribution < -0.4 is 5.73 Å². The van der Waals surface area contributed by atoms with E-state index in [9.17, 15) is 0 Å². The highest BCUT2D eigenvalue weighted by atomic mass is 32.2. The van der Waals surface area contributed by atoms with Crippen molar-refractivity contribution in [3.63, 3.8) is 0 Å². The van der Waals surface area contributed by atoms with Gasteiger partial charge in [-0.05, 0) is 30.2 Å². The van der Waals surface area contributed by atoms with Gasteiger partial charge in [0, 0.05) is 11.8 Å². The van der Waals surface area contributed by atoms with E-state index in [0.29, 0.717) is 0 Å². The van der Waals surface area contributed by atoms with E-state index in [1.807, 2.05) is 24.3 Å². The number of benzene rings is 1. The zero-order valence-corrected chi connectivity index (χ0v) is 10.7. The lowest BCUT2D eigenvalue weighted by Crippen LogP contribution is -2.14. The van der Waals surface area contributed by atoms with Crippen molar-refractivity contribution in [3.05, 3.63) is 59.5 Å². The van der Waals surface area contributed by atoms with Gasteiger partial charge in [-0.2, -0.15) is 11.8 Å². The van der Waals surface area contributed by atoms with Crippen molar-refractivity contribution in [2.75, 3.05) is 5.75 Å². The second-order valence-electron chi connectivity index (χ2n) is 4.06. The first-order valence-corrected chi connectivity index (χ1v) is 6.84. The third kappa shape index (κ3) is 3.38. The minimum atomic E-state index is 0.0937. The Bertz CT molecular complexity index is 453. The van der Waals surface area contributed by atoms with Gasteiger partial charge in [-0.25, -0.2) is 0 Å². The number of furan rings is 1. The fourth-order valence-electron chi connectivity index (χ4n) is 1.77. The summed E-state index contributed by atoms with van der Waals surface area (Å²) in [6.45, 7) is 2.10. The van der Waals surface area contributed by atoms with Crippen LogP contribution in [0.4, 0.5) is 0 Å². The molecule has 3 heteroatoms. The largest absolute Gasteiger partial charge is 0.468 e. The lowest BCUT2D eigenvalue weighted by molar-refractivity contribution is 0.530. The van der Waals surface area contributed by atoms with Crippen LogP contribution in [0, 0.1) is 6.92 Å². The normalized spacial score (nSPS) is 12.6. The van der Waals surface area contributed by atoms with Crippen LogP contribution in [0.1, 0.15) is 22.9 Å². The summed E-state index contributed by atoms with van der Waals surface area (Å²) in [4.78, 5) is 0. The van der Waals surface area contributed by atoms with E-state index in [2.05, 4.69) is 19.1 Å². The van der Waals surface area contributed by atoms with Gasteiger partial charge in [0.15, 0.2) is 0 Å². The van der Waals surface area contributed by atoms with Crippen LogP contribution in [0.2, 0.25) is 0 Å². The third-order valence-electron chi connectivity index (χ3n) is 2.71. The zero-order chi connectivity index (χ0) is 12.1. The molecule has 0 bridgehead atoms. The Balaban J connectivity index is 1.85. The SMILES string of the molecule is Cc1ccccc1C(N)CSCc1ccco1. The van der Waals surface area contributed by atoms with E-state index >= 15 is 0 Å². The predicted octanol–water partition coefficient (Wildman–Crippen LogP) is 3.52. The number of thioether (sulfide) groups is 1. The quantitative estimate of drug-likeness (QED) is 0.878. The van der Waals surface area contributed by atoms with Gasteiger partial charge in [-0.3, -0.25) is 0 Å². The molecular formula is C14H17NOS. The molecule has 1 aromatic heterocycles. The summed E-state index contributed by atoms with van der Waals surface area (Å²) in [7, 11) is 0. The topological polar surface area (TPSA) is 39.2 Å². The Kier molecular flexibility index (Phi) is 4.29. The van der Waals surface area contributed by atoms with E-state index in [-0.39, 0.29) is 6.04 Å². The molecule has 0 aliphatic rings. The average Bonchev–Trinajstić information content (AvgIpc) is 2.82. The molecule has 0 saturated heterocycles. The van der Waals surface area contributed by atoms with E-state index in [0.717, 1.165) is 17.3 Å². The van der Waals surface area contributed by atoms with Gasteiger partial charge in [0.1, 0.15) is 5.76 Å². The van der Waals surface area contributed by atoms with Crippen molar-refractivity contribution in [2.24, 2.45) is 5.73 Å². The van der Waals surface area contributed by atoms with E-state index in [1.165, 1.54) is 11.1 Å². The Morgan fingerprint density at radius 3 is 2.76 bits per heavy atom. The fraction of sp³-hybridized carbons (Fsp3) is 0.286. The summed E-state index contributed by atoms with van der Waals surface area (Å²) in [6, 6.07) is 12.3. The van der Waals surface area contributed by atoms with Gasteiger partial charge in [0.25, 0.3) is 0 Å². The summed E-state index contributed by atoms with van der Waals surface area (Å²) in [5.74, 6) is 2.80. The smallest absolute Gasteiger partial charge is 0.113 e. The predicted molar refractivity (Wildman–Crippen MR) is 73.0 cm³/mol. The second-order valence-corrected chi connectivity index (χ2v) is 5.09. The first-order chi connectivity index (χ1) is 8.27. The molecule has 0 radical (unpaired) electrons. The highest BCUT2D eigenvalue weighted by molar-refractivity contribution is 7.98. The van der Waals surface area contributed by atoms with Gasteiger partial charge < -0.3 is 10.2 Å². The number of nitrogens with two attached hydrogens (primary N) is 1. The maximum atomic E-state index is 6.18. The van der Waals surface area contributed by atoms with Crippen LogP contribution in [0.3, 0.4) is 0 Å². The van der Waals surface area contributed by atoms with Gasteiger partial charge in [-0.1, -0.05) is 24.3 Å². The molecule has 2 rings (SSSR count). The van der Waals surface area contributed by atoms with Crippen molar-refractivity contribution in [2.45, 2.75) is 18.7 Å². The Labute approximate surface area is 106 Å². The van der Waals surface area contributed by atoms with E-state index in [1.54, 1.807) is 18.0 Å². The van der Waals surface area contributed by atoms with Crippen molar-refractivity contribution >= 4 is 11.8 Å². The zero-order valence-electron chi connectivity index (χ0n) is 9.93. The molecule has 2 aromatic rings. The van der Waals surface area contributed by atoms with Gasteiger partial charge in [0.05, 0.1) is 12.0 Å². The molecule has 90 valence electrons. The average molecular weight is 247 g/mol.